The summed E-state index contributed by atoms with van der Waals surface area (Å²) in [6.45, 7) is 2.50. The van der Waals surface area contributed by atoms with Gasteiger partial charge in [0.05, 0.1) is 16.4 Å². The van der Waals surface area contributed by atoms with Crippen molar-refractivity contribution in [2.75, 3.05) is 25.2 Å². The molecule has 2 amide bonds. The molecule has 3 rings (SSSR count). The summed E-state index contributed by atoms with van der Waals surface area (Å²) in [6.07, 6.45) is 0. The van der Waals surface area contributed by atoms with E-state index in [-0.39, 0.29) is 17.5 Å². The van der Waals surface area contributed by atoms with Crippen LogP contribution in [0.15, 0.2) is 24.3 Å². The van der Waals surface area contributed by atoms with Crippen LogP contribution in [0.3, 0.4) is 0 Å². The zero-order valence-corrected chi connectivity index (χ0v) is 16.2. The quantitative estimate of drug-likeness (QED) is 0.794. The summed E-state index contributed by atoms with van der Waals surface area (Å²) < 4.78 is 0. The second kappa shape index (κ2) is 7.40. The van der Waals surface area contributed by atoms with Crippen LogP contribution < -0.4 is 0 Å². The maximum atomic E-state index is 12.9. The number of fused-ring (bicyclic) bond motifs is 1. The molecule has 1 aliphatic heterocycles. The lowest BCUT2D eigenvalue weighted by Crippen LogP contribution is -2.47. The molecule has 0 bridgehead atoms. The summed E-state index contributed by atoms with van der Waals surface area (Å²) in [5, 5.41) is 1.66. The number of pyridine rings is 1. The van der Waals surface area contributed by atoms with Gasteiger partial charge in [0.25, 0.3) is 5.91 Å². The van der Waals surface area contributed by atoms with Crippen molar-refractivity contribution < 1.29 is 9.59 Å². The van der Waals surface area contributed by atoms with E-state index in [4.69, 9.17) is 23.2 Å². The molecule has 0 radical (unpaired) electrons. The fraction of sp³-hybridized carbons (Fsp3) is 0.353. The Morgan fingerprint density at radius 1 is 1.36 bits per heavy atom. The molecule has 0 spiro atoms. The standard InChI is InChI=1S/C17H17Cl2N3O2S/c1-3-21(2)17(24)15-8-25-9-22(15)16(23)14-7-12(19)11-6-10(18)4-5-13(11)20-14/h4-7,15H,3,8-9H2,1-2H3/t15-/m1/s1. The number of carbonyl (C=O) groups excluding carboxylic acids is 2. The SMILES string of the molecule is CCN(C)C(=O)[C@H]1CSCN1C(=O)c1cc(Cl)c2cc(Cl)ccc2n1. The van der Waals surface area contributed by atoms with E-state index in [1.54, 1.807) is 46.8 Å². The highest BCUT2D eigenvalue weighted by atomic mass is 35.5. The van der Waals surface area contributed by atoms with E-state index in [0.717, 1.165) is 0 Å². The third kappa shape index (κ3) is 3.57. The summed E-state index contributed by atoms with van der Waals surface area (Å²) in [4.78, 5) is 33.0. The van der Waals surface area contributed by atoms with Gasteiger partial charge in [-0.2, -0.15) is 0 Å². The molecule has 1 fully saturated rings. The van der Waals surface area contributed by atoms with Crippen LogP contribution >= 0.6 is 35.0 Å². The molecule has 0 aliphatic carbocycles. The highest BCUT2D eigenvalue weighted by molar-refractivity contribution is 7.99. The number of halogens is 2. The van der Waals surface area contributed by atoms with E-state index < -0.39 is 6.04 Å². The number of amides is 2. The number of carbonyl (C=O) groups is 2. The molecule has 2 heterocycles. The van der Waals surface area contributed by atoms with Gasteiger partial charge in [0.2, 0.25) is 5.91 Å². The van der Waals surface area contributed by atoms with E-state index in [1.165, 1.54) is 6.07 Å². The highest BCUT2D eigenvalue weighted by Gasteiger charge is 2.37. The first-order valence-electron chi connectivity index (χ1n) is 7.82. The van der Waals surface area contributed by atoms with E-state index in [2.05, 4.69) is 4.98 Å². The first kappa shape index (κ1) is 18.3. The monoisotopic (exact) mass is 397 g/mol. The van der Waals surface area contributed by atoms with Crippen LogP contribution in [0, 0.1) is 0 Å². The summed E-state index contributed by atoms with van der Waals surface area (Å²) in [5.41, 5.74) is 0.833. The summed E-state index contributed by atoms with van der Waals surface area (Å²) in [6, 6.07) is 6.22. The van der Waals surface area contributed by atoms with Crippen LogP contribution in [0.1, 0.15) is 17.4 Å². The Morgan fingerprint density at radius 2 is 2.12 bits per heavy atom. The predicted octanol–water partition coefficient (Wildman–Crippen LogP) is 3.54. The van der Waals surface area contributed by atoms with Crippen molar-refractivity contribution >= 4 is 57.7 Å². The molecule has 1 atom stereocenters. The Morgan fingerprint density at radius 3 is 2.84 bits per heavy atom. The number of nitrogens with zero attached hydrogens (tertiary/aromatic N) is 3. The minimum atomic E-state index is -0.469. The zero-order chi connectivity index (χ0) is 18.1. The lowest BCUT2D eigenvalue weighted by atomic mass is 10.1. The third-order valence-corrected chi connectivity index (χ3v) is 5.78. The van der Waals surface area contributed by atoms with Crippen molar-refractivity contribution in [3.63, 3.8) is 0 Å². The molecule has 1 aliphatic rings. The van der Waals surface area contributed by atoms with E-state index in [0.29, 0.717) is 39.1 Å². The first-order valence-corrected chi connectivity index (χ1v) is 9.73. The second-order valence-electron chi connectivity index (χ2n) is 5.79. The van der Waals surface area contributed by atoms with Gasteiger partial charge in [-0.25, -0.2) is 4.98 Å². The number of rotatable bonds is 3. The molecule has 0 saturated carbocycles. The van der Waals surface area contributed by atoms with Crippen molar-refractivity contribution in [1.82, 2.24) is 14.8 Å². The lowest BCUT2D eigenvalue weighted by Gasteiger charge is -2.26. The lowest BCUT2D eigenvalue weighted by molar-refractivity contribution is -0.133. The van der Waals surface area contributed by atoms with Crippen molar-refractivity contribution in [3.8, 4) is 0 Å². The van der Waals surface area contributed by atoms with Crippen molar-refractivity contribution in [1.29, 1.82) is 0 Å². The molecule has 1 saturated heterocycles. The topological polar surface area (TPSA) is 53.5 Å². The maximum Gasteiger partial charge on any atom is 0.273 e. The Labute approximate surface area is 160 Å². The van der Waals surface area contributed by atoms with E-state index in [1.807, 2.05) is 6.92 Å². The smallest absolute Gasteiger partial charge is 0.273 e. The molecule has 5 nitrogen and oxygen atoms in total. The van der Waals surface area contributed by atoms with E-state index >= 15 is 0 Å². The average Bonchev–Trinajstić information content (AvgIpc) is 3.09. The highest BCUT2D eigenvalue weighted by Crippen LogP contribution is 2.29. The zero-order valence-electron chi connectivity index (χ0n) is 13.8. The van der Waals surface area contributed by atoms with Crippen LogP contribution in [0.5, 0.6) is 0 Å². The third-order valence-electron chi connectivity index (χ3n) is 4.22. The molecular formula is C17H17Cl2N3O2S. The summed E-state index contributed by atoms with van der Waals surface area (Å²) >= 11 is 13.9. The van der Waals surface area contributed by atoms with Gasteiger partial charge in [0.15, 0.2) is 0 Å². The first-order chi connectivity index (χ1) is 11.9. The Balaban J connectivity index is 1.93. The van der Waals surface area contributed by atoms with Gasteiger partial charge < -0.3 is 9.80 Å². The number of hydrogen-bond donors (Lipinski definition) is 0. The van der Waals surface area contributed by atoms with Gasteiger partial charge in [0.1, 0.15) is 11.7 Å². The predicted molar refractivity (Wildman–Crippen MR) is 102 cm³/mol. The van der Waals surface area contributed by atoms with Crippen molar-refractivity contribution in [2.45, 2.75) is 13.0 Å². The Kier molecular flexibility index (Phi) is 5.41. The van der Waals surface area contributed by atoms with Crippen LogP contribution in [0.2, 0.25) is 10.0 Å². The molecule has 0 N–H and O–H groups in total. The summed E-state index contributed by atoms with van der Waals surface area (Å²) in [5.74, 6) is 0.711. The average molecular weight is 398 g/mol. The number of thioether (sulfide) groups is 1. The van der Waals surface area contributed by atoms with Gasteiger partial charge >= 0.3 is 0 Å². The van der Waals surface area contributed by atoms with Crippen molar-refractivity contribution in [2.24, 2.45) is 0 Å². The molecule has 2 aromatic rings. The molecule has 1 aromatic heterocycles. The number of hydrogen-bond acceptors (Lipinski definition) is 4. The second-order valence-corrected chi connectivity index (χ2v) is 7.64. The molecule has 0 unspecified atom stereocenters. The minimum absolute atomic E-state index is 0.0560. The fourth-order valence-electron chi connectivity index (χ4n) is 2.67. The van der Waals surface area contributed by atoms with E-state index in [9.17, 15) is 9.59 Å². The molecule has 25 heavy (non-hydrogen) atoms. The minimum Gasteiger partial charge on any atom is -0.344 e. The number of likely N-dealkylation sites (N-methyl/N-ethyl adjacent to an activating group) is 1. The van der Waals surface area contributed by atoms with Crippen LogP contribution in [-0.4, -0.2) is 57.9 Å². The van der Waals surface area contributed by atoms with Gasteiger partial charge in [-0.3, -0.25) is 9.59 Å². The largest absolute Gasteiger partial charge is 0.344 e. The Hall–Kier alpha value is -1.50. The molecular weight excluding hydrogens is 381 g/mol. The normalized spacial score (nSPS) is 17.1. The molecule has 132 valence electrons. The molecule has 8 heteroatoms. The van der Waals surface area contributed by atoms with Crippen LogP contribution in [-0.2, 0) is 4.79 Å². The van der Waals surface area contributed by atoms with Gasteiger partial charge in [-0.1, -0.05) is 23.2 Å². The Bertz CT molecular complexity index is 846. The maximum absolute atomic E-state index is 12.9. The van der Waals surface area contributed by atoms with Crippen LogP contribution in [0.25, 0.3) is 10.9 Å². The number of aromatic nitrogens is 1. The van der Waals surface area contributed by atoms with Gasteiger partial charge in [-0.05, 0) is 31.2 Å². The van der Waals surface area contributed by atoms with Crippen LogP contribution in [0.4, 0.5) is 0 Å². The van der Waals surface area contributed by atoms with Crippen molar-refractivity contribution in [3.05, 3.63) is 40.0 Å². The molecule has 1 aromatic carbocycles. The van der Waals surface area contributed by atoms with Gasteiger partial charge in [0, 0.05) is 29.8 Å². The van der Waals surface area contributed by atoms with Gasteiger partial charge in [-0.15, -0.1) is 11.8 Å². The summed E-state index contributed by atoms with van der Waals surface area (Å²) in [7, 11) is 1.74. The number of benzene rings is 1. The fourth-order valence-corrected chi connectivity index (χ4v) is 4.24.